The van der Waals surface area contributed by atoms with E-state index in [-0.39, 0.29) is 24.0 Å². The predicted molar refractivity (Wildman–Crippen MR) is 107 cm³/mol. The van der Waals surface area contributed by atoms with Gasteiger partial charge in [0.15, 0.2) is 5.17 Å². The number of hydrogen-bond acceptors (Lipinski definition) is 6. The Morgan fingerprint density at radius 3 is 2.74 bits per heavy atom. The standard InChI is InChI=1S/C19H18N4O3S/c1-12-6-8-14(9-7-12)21-17(25)10-16-18(26)22-19(27-16)23-20-11-13-4-2-3-5-15(13)24/h2-9,11,16,24H,10H2,1H3,(H,21,25)(H,22,23,26). The third-order valence-electron chi connectivity index (χ3n) is 3.76. The number of carbonyl (C=O) groups excluding carboxylic acids is 2. The molecule has 138 valence electrons. The van der Waals surface area contributed by atoms with Crippen LogP contribution < -0.4 is 10.6 Å². The molecule has 2 amide bonds. The van der Waals surface area contributed by atoms with E-state index in [1.54, 1.807) is 24.3 Å². The van der Waals surface area contributed by atoms with Crippen molar-refractivity contribution in [1.29, 1.82) is 0 Å². The normalized spacial score (nSPS) is 18.0. The number of phenolic OH excluding ortho intramolecular Hbond substituents is 1. The predicted octanol–water partition coefficient (Wildman–Crippen LogP) is 2.65. The van der Waals surface area contributed by atoms with E-state index in [2.05, 4.69) is 20.8 Å². The number of rotatable bonds is 5. The smallest absolute Gasteiger partial charge is 0.240 e. The van der Waals surface area contributed by atoms with Crippen molar-refractivity contribution in [1.82, 2.24) is 5.32 Å². The van der Waals surface area contributed by atoms with Crippen LogP contribution in [0.15, 0.2) is 58.7 Å². The lowest BCUT2D eigenvalue weighted by molar-refractivity contribution is -0.122. The number of para-hydroxylation sites is 1. The summed E-state index contributed by atoms with van der Waals surface area (Å²) in [5, 5.41) is 22.6. The van der Waals surface area contributed by atoms with E-state index >= 15 is 0 Å². The Bertz CT molecular complexity index is 909. The molecular formula is C19H18N4O3S. The Balaban J connectivity index is 1.56. The number of nitrogens with one attached hydrogen (secondary N) is 2. The molecule has 0 aliphatic carbocycles. The summed E-state index contributed by atoms with van der Waals surface area (Å²) in [5.74, 6) is -0.434. The van der Waals surface area contributed by atoms with Crippen molar-refractivity contribution < 1.29 is 14.7 Å². The van der Waals surface area contributed by atoms with Gasteiger partial charge in [-0.1, -0.05) is 41.6 Å². The zero-order valence-corrected chi connectivity index (χ0v) is 15.4. The highest BCUT2D eigenvalue weighted by atomic mass is 32.2. The van der Waals surface area contributed by atoms with Gasteiger partial charge in [-0.15, -0.1) is 5.10 Å². The zero-order chi connectivity index (χ0) is 19.2. The number of amides is 2. The number of hydrogen-bond donors (Lipinski definition) is 3. The Labute approximate surface area is 160 Å². The minimum atomic E-state index is -0.561. The van der Waals surface area contributed by atoms with E-state index in [0.29, 0.717) is 16.4 Å². The molecule has 3 rings (SSSR count). The maximum Gasteiger partial charge on any atom is 0.240 e. The number of nitrogens with zero attached hydrogens (tertiary/aromatic N) is 2. The first-order chi connectivity index (χ1) is 13.0. The minimum absolute atomic E-state index is 0.0343. The average Bonchev–Trinajstić information content (AvgIpc) is 2.98. The van der Waals surface area contributed by atoms with Crippen molar-refractivity contribution in [2.45, 2.75) is 18.6 Å². The lowest BCUT2D eigenvalue weighted by atomic mass is 10.2. The molecule has 0 radical (unpaired) electrons. The minimum Gasteiger partial charge on any atom is -0.507 e. The van der Waals surface area contributed by atoms with Crippen LogP contribution in [-0.2, 0) is 9.59 Å². The summed E-state index contributed by atoms with van der Waals surface area (Å²) in [6, 6.07) is 14.1. The molecule has 7 nitrogen and oxygen atoms in total. The lowest BCUT2D eigenvalue weighted by Gasteiger charge is -2.07. The van der Waals surface area contributed by atoms with Gasteiger partial charge in [-0.3, -0.25) is 9.59 Å². The van der Waals surface area contributed by atoms with Crippen LogP contribution in [0.2, 0.25) is 0 Å². The topological polar surface area (TPSA) is 103 Å². The summed E-state index contributed by atoms with van der Waals surface area (Å²) in [4.78, 5) is 24.2. The summed E-state index contributed by atoms with van der Waals surface area (Å²) in [7, 11) is 0. The highest BCUT2D eigenvalue weighted by Gasteiger charge is 2.32. The zero-order valence-electron chi connectivity index (χ0n) is 14.5. The van der Waals surface area contributed by atoms with E-state index in [0.717, 1.165) is 17.3 Å². The van der Waals surface area contributed by atoms with Gasteiger partial charge in [-0.25, -0.2) is 0 Å². The van der Waals surface area contributed by atoms with Crippen LogP contribution in [0.1, 0.15) is 17.5 Å². The average molecular weight is 382 g/mol. The quantitative estimate of drug-likeness (QED) is 0.546. The van der Waals surface area contributed by atoms with Gasteiger partial charge < -0.3 is 15.7 Å². The van der Waals surface area contributed by atoms with Crippen molar-refractivity contribution in [3.63, 3.8) is 0 Å². The number of phenols is 1. The first kappa shape index (κ1) is 18.7. The molecule has 27 heavy (non-hydrogen) atoms. The van der Waals surface area contributed by atoms with Crippen LogP contribution in [0.3, 0.4) is 0 Å². The fraction of sp³-hybridized carbons (Fsp3) is 0.158. The van der Waals surface area contributed by atoms with Gasteiger partial charge in [0.2, 0.25) is 11.8 Å². The maximum absolute atomic E-state index is 12.1. The third kappa shape index (κ3) is 5.18. The van der Waals surface area contributed by atoms with Crippen LogP contribution in [-0.4, -0.2) is 33.6 Å². The molecule has 1 aliphatic rings. The van der Waals surface area contributed by atoms with Crippen molar-refractivity contribution in [3.8, 4) is 5.75 Å². The largest absolute Gasteiger partial charge is 0.507 e. The van der Waals surface area contributed by atoms with E-state index < -0.39 is 5.25 Å². The summed E-state index contributed by atoms with van der Waals surface area (Å²) < 4.78 is 0. The monoisotopic (exact) mass is 382 g/mol. The Morgan fingerprint density at radius 1 is 1.26 bits per heavy atom. The number of carbonyl (C=O) groups is 2. The van der Waals surface area contributed by atoms with E-state index in [1.165, 1.54) is 6.21 Å². The van der Waals surface area contributed by atoms with Gasteiger partial charge in [0.05, 0.1) is 6.21 Å². The number of benzene rings is 2. The lowest BCUT2D eigenvalue weighted by Crippen LogP contribution is -2.28. The highest BCUT2D eigenvalue weighted by Crippen LogP contribution is 2.23. The number of amidine groups is 1. The molecule has 0 aromatic heterocycles. The van der Waals surface area contributed by atoms with Crippen molar-refractivity contribution >= 4 is 40.6 Å². The molecule has 1 fully saturated rings. The maximum atomic E-state index is 12.1. The molecule has 8 heteroatoms. The second-order valence-corrected chi connectivity index (χ2v) is 7.11. The van der Waals surface area contributed by atoms with E-state index in [1.807, 2.05) is 31.2 Å². The molecule has 2 aromatic carbocycles. The first-order valence-corrected chi connectivity index (χ1v) is 9.12. The fourth-order valence-corrected chi connectivity index (χ4v) is 3.27. The molecule has 1 saturated heterocycles. The Morgan fingerprint density at radius 2 is 2.00 bits per heavy atom. The van der Waals surface area contributed by atoms with Gasteiger partial charge >= 0.3 is 0 Å². The van der Waals surface area contributed by atoms with Crippen LogP contribution in [0.25, 0.3) is 0 Å². The molecule has 0 bridgehead atoms. The Hall–Kier alpha value is -3.13. The molecule has 3 N–H and O–H groups in total. The summed E-state index contributed by atoms with van der Waals surface area (Å²) in [6.45, 7) is 1.97. The molecule has 0 spiro atoms. The van der Waals surface area contributed by atoms with Gasteiger partial charge in [-0.2, -0.15) is 5.10 Å². The number of anilines is 1. The van der Waals surface area contributed by atoms with Gasteiger partial charge in [0.25, 0.3) is 0 Å². The summed E-state index contributed by atoms with van der Waals surface area (Å²) >= 11 is 1.15. The summed E-state index contributed by atoms with van der Waals surface area (Å²) in [6.07, 6.45) is 1.43. The number of aryl methyl sites for hydroxylation is 1. The van der Waals surface area contributed by atoms with Crippen LogP contribution >= 0.6 is 11.8 Å². The van der Waals surface area contributed by atoms with Gasteiger partial charge in [-0.05, 0) is 31.2 Å². The second-order valence-electron chi connectivity index (χ2n) is 5.92. The first-order valence-electron chi connectivity index (χ1n) is 8.24. The van der Waals surface area contributed by atoms with Crippen LogP contribution in [0, 0.1) is 6.92 Å². The summed E-state index contributed by atoms with van der Waals surface area (Å²) in [5.41, 5.74) is 2.31. The molecule has 1 heterocycles. The van der Waals surface area contributed by atoms with E-state index in [9.17, 15) is 14.7 Å². The van der Waals surface area contributed by atoms with Gasteiger partial charge in [0.1, 0.15) is 11.0 Å². The van der Waals surface area contributed by atoms with E-state index in [4.69, 9.17) is 0 Å². The van der Waals surface area contributed by atoms with Crippen molar-refractivity contribution in [2.24, 2.45) is 10.2 Å². The third-order valence-corrected chi connectivity index (χ3v) is 4.84. The van der Waals surface area contributed by atoms with Crippen LogP contribution in [0.4, 0.5) is 5.69 Å². The van der Waals surface area contributed by atoms with Gasteiger partial charge in [0, 0.05) is 17.7 Å². The second kappa shape index (κ2) is 8.50. The van der Waals surface area contributed by atoms with Crippen LogP contribution in [0.5, 0.6) is 5.75 Å². The SMILES string of the molecule is Cc1ccc(NC(=O)CC2SC(=NN=Cc3ccccc3O)NC2=O)cc1. The highest BCUT2D eigenvalue weighted by molar-refractivity contribution is 8.15. The molecule has 1 unspecified atom stereocenters. The number of thioether (sulfide) groups is 1. The fourth-order valence-electron chi connectivity index (χ4n) is 2.34. The van der Waals surface area contributed by atoms with Crippen molar-refractivity contribution in [2.75, 3.05) is 5.32 Å². The molecule has 1 aliphatic heterocycles. The van der Waals surface area contributed by atoms with Crippen molar-refractivity contribution in [3.05, 3.63) is 59.7 Å². The Kier molecular flexibility index (Phi) is 5.87. The number of aromatic hydroxyl groups is 1. The molecule has 1 atom stereocenters. The molecule has 2 aromatic rings. The molecule has 0 saturated carbocycles. The molecular weight excluding hydrogens is 364 g/mol.